The van der Waals surface area contributed by atoms with Gasteiger partial charge >= 0.3 is 6.03 Å². The highest BCUT2D eigenvalue weighted by atomic mass is 19.1. The molecule has 1 saturated heterocycles. The molecule has 216 valence electrons. The fourth-order valence-corrected chi connectivity index (χ4v) is 5.06. The number of benzene rings is 4. The lowest BCUT2D eigenvalue weighted by molar-refractivity contribution is 0.0954. The van der Waals surface area contributed by atoms with Crippen LogP contribution in [0, 0.1) is 5.82 Å². The molecule has 0 aromatic heterocycles. The summed E-state index contributed by atoms with van der Waals surface area (Å²) in [6.07, 6.45) is 0.697. The van der Waals surface area contributed by atoms with E-state index in [4.69, 9.17) is 4.74 Å². The first-order chi connectivity index (χ1) is 20.5. The predicted molar refractivity (Wildman–Crippen MR) is 165 cm³/mol. The van der Waals surface area contributed by atoms with Crippen molar-refractivity contribution in [1.82, 2.24) is 5.32 Å². The number of halogens is 1. The van der Waals surface area contributed by atoms with Crippen molar-refractivity contribution in [1.29, 1.82) is 0 Å². The second kappa shape index (κ2) is 13.5. The number of nitrogens with one attached hydrogen (secondary N) is 3. The molecule has 3 N–H and O–H groups in total. The minimum atomic E-state index is -0.603. The summed E-state index contributed by atoms with van der Waals surface area (Å²) in [4.78, 5) is 30.6. The molecule has 3 amide bonds. The molecule has 9 heteroatoms. The number of para-hydroxylation sites is 3. The van der Waals surface area contributed by atoms with Crippen molar-refractivity contribution in [2.45, 2.75) is 6.42 Å². The predicted octanol–water partition coefficient (Wildman–Crippen LogP) is 5.78. The smallest absolute Gasteiger partial charge is 0.323 e. The van der Waals surface area contributed by atoms with Crippen molar-refractivity contribution in [3.63, 3.8) is 0 Å². The minimum absolute atomic E-state index is 0.0680. The molecule has 0 spiro atoms. The Morgan fingerprint density at radius 2 is 1.45 bits per heavy atom. The lowest BCUT2D eigenvalue weighted by Crippen LogP contribution is -2.47. The van der Waals surface area contributed by atoms with Gasteiger partial charge in [0.05, 0.1) is 24.0 Å². The van der Waals surface area contributed by atoms with Gasteiger partial charge in [-0.15, -0.1) is 0 Å². The molecule has 0 unspecified atom stereocenters. The summed E-state index contributed by atoms with van der Waals surface area (Å²) >= 11 is 0. The molecule has 1 aliphatic rings. The number of ether oxygens (including phenoxy) is 1. The summed E-state index contributed by atoms with van der Waals surface area (Å²) < 4.78 is 19.6. The number of nitrogens with zero attached hydrogens (tertiary/aromatic N) is 2. The Kier molecular flexibility index (Phi) is 9.18. The van der Waals surface area contributed by atoms with Gasteiger partial charge in [-0.1, -0.05) is 54.6 Å². The minimum Gasteiger partial charge on any atom is -0.495 e. The van der Waals surface area contributed by atoms with Crippen LogP contribution in [0.5, 0.6) is 5.75 Å². The van der Waals surface area contributed by atoms with Gasteiger partial charge in [-0.05, 0) is 54.4 Å². The van der Waals surface area contributed by atoms with Crippen LogP contribution in [0.2, 0.25) is 0 Å². The monoisotopic (exact) mass is 567 g/mol. The van der Waals surface area contributed by atoms with Crippen molar-refractivity contribution in [2.24, 2.45) is 0 Å². The van der Waals surface area contributed by atoms with E-state index >= 15 is 0 Å². The molecule has 1 heterocycles. The summed E-state index contributed by atoms with van der Waals surface area (Å²) in [5, 5.41) is 8.28. The Morgan fingerprint density at radius 1 is 0.786 bits per heavy atom. The number of hydrogen-bond acceptors (Lipinski definition) is 5. The Labute approximate surface area is 245 Å². The van der Waals surface area contributed by atoms with Crippen LogP contribution >= 0.6 is 0 Å². The van der Waals surface area contributed by atoms with Gasteiger partial charge in [-0.2, -0.15) is 0 Å². The van der Waals surface area contributed by atoms with Gasteiger partial charge in [0, 0.05) is 44.1 Å². The molecule has 8 nitrogen and oxygen atoms in total. The zero-order chi connectivity index (χ0) is 29.3. The van der Waals surface area contributed by atoms with Crippen molar-refractivity contribution in [3.8, 4) is 5.75 Å². The van der Waals surface area contributed by atoms with Crippen LogP contribution in [0.4, 0.5) is 31.9 Å². The summed E-state index contributed by atoms with van der Waals surface area (Å²) in [6.45, 7) is 3.36. The summed E-state index contributed by atoms with van der Waals surface area (Å²) in [5.74, 6) is 0.0634. The standard InChI is InChI=1S/C33H34FN5O3/c1-42-31-14-8-7-13-30(31)39-21-19-38(20-22-39)29-16-15-25(36-33(41)37-28-12-6-5-11-27(28)34)23-26(29)32(40)35-18-17-24-9-3-2-4-10-24/h2-16,23H,17-22H2,1H3,(H,35,40)(H2,36,37,41). The van der Waals surface area contributed by atoms with Gasteiger partial charge in [0.1, 0.15) is 11.6 Å². The van der Waals surface area contributed by atoms with Gasteiger partial charge in [0.2, 0.25) is 0 Å². The molecule has 0 saturated carbocycles. The normalized spacial score (nSPS) is 12.9. The third kappa shape index (κ3) is 6.98. The van der Waals surface area contributed by atoms with Crippen LogP contribution in [-0.2, 0) is 6.42 Å². The lowest BCUT2D eigenvalue weighted by atomic mass is 10.1. The van der Waals surface area contributed by atoms with E-state index in [1.807, 2.05) is 60.7 Å². The van der Waals surface area contributed by atoms with Crippen molar-refractivity contribution >= 4 is 34.7 Å². The molecule has 0 aliphatic carbocycles. The zero-order valence-corrected chi connectivity index (χ0v) is 23.5. The highest BCUT2D eigenvalue weighted by Gasteiger charge is 2.24. The fraction of sp³-hybridized carbons (Fsp3) is 0.212. The first-order valence-corrected chi connectivity index (χ1v) is 13.9. The van der Waals surface area contributed by atoms with Crippen molar-refractivity contribution < 1.29 is 18.7 Å². The third-order valence-corrected chi connectivity index (χ3v) is 7.21. The summed E-state index contributed by atoms with van der Waals surface area (Å²) in [6, 6.07) is 28.5. The lowest BCUT2D eigenvalue weighted by Gasteiger charge is -2.38. The maximum atomic E-state index is 14.0. The van der Waals surface area contributed by atoms with Crippen LogP contribution in [0.15, 0.2) is 97.1 Å². The van der Waals surface area contributed by atoms with Gasteiger partial charge in [0.15, 0.2) is 0 Å². The fourth-order valence-electron chi connectivity index (χ4n) is 5.06. The average Bonchev–Trinajstić information content (AvgIpc) is 3.02. The zero-order valence-electron chi connectivity index (χ0n) is 23.5. The number of carbonyl (C=O) groups is 2. The Balaban J connectivity index is 1.32. The summed E-state index contributed by atoms with van der Waals surface area (Å²) in [5.41, 5.74) is 3.90. The molecule has 0 radical (unpaired) electrons. The van der Waals surface area contributed by atoms with E-state index in [1.54, 1.807) is 31.4 Å². The van der Waals surface area contributed by atoms with E-state index in [0.29, 0.717) is 37.3 Å². The number of methoxy groups -OCH3 is 1. The Hall–Kier alpha value is -5.05. The largest absolute Gasteiger partial charge is 0.495 e. The number of carbonyl (C=O) groups excluding carboxylic acids is 2. The van der Waals surface area contributed by atoms with Gasteiger partial charge in [0.25, 0.3) is 5.91 Å². The van der Waals surface area contributed by atoms with Crippen LogP contribution < -0.4 is 30.5 Å². The first-order valence-electron chi connectivity index (χ1n) is 13.9. The molecule has 1 fully saturated rings. The van der Waals surface area contributed by atoms with Crippen LogP contribution in [0.25, 0.3) is 0 Å². The van der Waals surface area contributed by atoms with Gasteiger partial charge < -0.3 is 30.5 Å². The number of amides is 3. The Morgan fingerprint density at radius 3 is 2.19 bits per heavy atom. The van der Waals surface area contributed by atoms with E-state index in [0.717, 1.165) is 35.8 Å². The number of hydrogen-bond donors (Lipinski definition) is 3. The van der Waals surface area contributed by atoms with Crippen molar-refractivity contribution in [2.75, 3.05) is 60.3 Å². The van der Waals surface area contributed by atoms with E-state index in [2.05, 4.69) is 25.8 Å². The molecule has 1 aliphatic heterocycles. The number of rotatable bonds is 9. The van der Waals surface area contributed by atoms with Gasteiger partial charge in [-0.25, -0.2) is 9.18 Å². The van der Waals surface area contributed by atoms with E-state index in [9.17, 15) is 14.0 Å². The molecule has 5 rings (SSSR count). The van der Waals surface area contributed by atoms with Crippen LogP contribution in [-0.4, -0.2) is 51.8 Å². The molecule has 4 aromatic rings. The molecule has 0 bridgehead atoms. The Bertz CT molecular complexity index is 1520. The van der Waals surface area contributed by atoms with E-state index in [1.165, 1.54) is 12.1 Å². The highest BCUT2D eigenvalue weighted by molar-refractivity contribution is 6.04. The second-order valence-corrected chi connectivity index (χ2v) is 9.93. The SMILES string of the molecule is COc1ccccc1N1CCN(c2ccc(NC(=O)Nc3ccccc3F)cc2C(=O)NCCc2ccccc2)CC1. The quantitative estimate of drug-likeness (QED) is 0.239. The average molecular weight is 568 g/mol. The maximum absolute atomic E-state index is 14.0. The molecule has 42 heavy (non-hydrogen) atoms. The second-order valence-electron chi connectivity index (χ2n) is 9.93. The van der Waals surface area contributed by atoms with Crippen molar-refractivity contribution in [3.05, 3.63) is 114 Å². The van der Waals surface area contributed by atoms with Crippen LogP contribution in [0.1, 0.15) is 15.9 Å². The molecular formula is C33H34FN5O3. The molecule has 4 aromatic carbocycles. The van der Waals surface area contributed by atoms with Crippen LogP contribution in [0.3, 0.4) is 0 Å². The number of urea groups is 1. The molecular weight excluding hydrogens is 533 g/mol. The maximum Gasteiger partial charge on any atom is 0.323 e. The highest BCUT2D eigenvalue weighted by Crippen LogP contribution is 2.31. The summed E-state index contributed by atoms with van der Waals surface area (Å²) in [7, 11) is 1.67. The topological polar surface area (TPSA) is 85.9 Å². The number of piperazine rings is 1. The third-order valence-electron chi connectivity index (χ3n) is 7.21. The van der Waals surface area contributed by atoms with Gasteiger partial charge in [-0.3, -0.25) is 4.79 Å². The van der Waals surface area contributed by atoms with E-state index in [-0.39, 0.29) is 11.6 Å². The number of anilines is 4. The first kappa shape index (κ1) is 28.5. The van der Waals surface area contributed by atoms with E-state index < -0.39 is 11.8 Å². The molecule has 0 atom stereocenters.